The Morgan fingerprint density at radius 2 is 2.15 bits per heavy atom. The molecule has 0 aromatic heterocycles. The minimum Gasteiger partial charge on any atom is -0.375 e. The maximum atomic E-state index is 8.34. The highest BCUT2D eigenvalue weighted by Crippen LogP contribution is 1.88. The van der Waals surface area contributed by atoms with Gasteiger partial charge in [0.05, 0.1) is 0 Å². The van der Waals surface area contributed by atoms with Crippen LogP contribution < -0.4 is 5.32 Å². The molecule has 0 saturated heterocycles. The van der Waals surface area contributed by atoms with E-state index in [2.05, 4.69) is 16.2 Å². The Bertz CT molecular complexity index is 325. The lowest BCUT2D eigenvalue weighted by atomic mass is 10.3. The van der Waals surface area contributed by atoms with Crippen LogP contribution in [0.1, 0.15) is 0 Å². The maximum Gasteiger partial charge on any atom is 0.293 e. The van der Waals surface area contributed by atoms with Crippen molar-refractivity contribution in [2.45, 2.75) is 0 Å². The summed E-state index contributed by atoms with van der Waals surface area (Å²) in [6.07, 6.45) is 4.63. The molecule has 0 radical (unpaired) electrons. The number of nitrogens with one attached hydrogen (secondary N) is 1. The molecule has 0 saturated carbocycles. The monoisotopic (exact) mass is 173 g/mol. The molecule has 0 aromatic carbocycles. The molecule has 4 nitrogen and oxygen atoms in total. The Hall–Kier alpha value is -2.25. The molecule has 0 aliphatic rings. The van der Waals surface area contributed by atoms with Crippen LogP contribution in [0.25, 0.3) is 4.85 Å². The van der Waals surface area contributed by atoms with E-state index in [4.69, 9.17) is 10.5 Å². The first kappa shape index (κ1) is 10.8. The average Bonchev–Trinajstić information content (AvgIpc) is 2.17. The Kier molecular flexibility index (Phi) is 6.49. The number of hydrogen-bond acceptors (Lipinski definition) is 3. The van der Waals surface area contributed by atoms with Crippen LogP contribution in [-0.4, -0.2) is 13.6 Å². The van der Waals surface area contributed by atoms with Gasteiger partial charge in [-0.1, -0.05) is 4.85 Å². The van der Waals surface area contributed by atoms with E-state index in [0.29, 0.717) is 6.54 Å². The van der Waals surface area contributed by atoms with Crippen molar-refractivity contribution in [1.82, 2.24) is 5.32 Å². The average molecular weight is 173 g/mol. The molecule has 4 heteroatoms. The predicted molar refractivity (Wildman–Crippen MR) is 49.6 cm³/mol. The Balaban J connectivity index is 3.87. The van der Waals surface area contributed by atoms with Gasteiger partial charge in [-0.3, -0.25) is 0 Å². The van der Waals surface area contributed by atoms with Gasteiger partial charge in [0.15, 0.2) is 0 Å². The molecular formula is C9H9N4+. The van der Waals surface area contributed by atoms with E-state index < -0.39 is 0 Å². The zero-order chi connectivity index (χ0) is 9.94. The second-order valence-electron chi connectivity index (χ2n) is 1.93. The van der Waals surface area contributed by atoms with E-state index in [9.17, 15) is 0 Å². The summed E-state index contributed by atoms with van der Waals surface area (Å²) in [6, 6.07) is 6.16. The van der Waals surface area contributed by atoms with Gasteiger partial charge < -0.3 is 5.32 Å². The van der Waals surface area contributed by atoms with E-state index in [1.165, 1.54) is 6.08 Å². The molecule has 0 rings (SSSR count). The highest BCUT2D eigenvalue weighted by molar-refractivity contribution is 5.37. The van der Waals surface area contributed by atoms with Gasteiger partial charge in [-0.05, 0) is 18.4 Å². The van der Waals surface area contributed by atoms with E-state index in [1.807, 2.05) is 0 Å². The normalized spacial score (nSPS) is 7.62. The van der Waals surface area contributed by atoms with E-state index in [-0.39, 0.29) is 5.57 Å². The van der Waals surface area contributed by atoms with Crippen molar-refractivity contribution in [3.63, 3.8) is 0 Å². The highest BCUT2D eigenvalue weighted by Gasteiger charge is 1.85. The van der Waals surface area contributed by atoms with Crippen molar-refractivity contribution in [2.24, 2.45) is 0 Å². The van der Waals surface area contributed by atoms with Crippen LogP contribution in [0.2, 0.25) is 0 Å². The summed E-state index contributed by atoms with van der Waals surface area (Å²) in [7, 11) is 1.63. The van der Waals surface area contributed by atoms with Crippen LogP contribution in [0.15, 0.2) is 23.9 Å². The molecule has 0 aromatic rings. The topological polar surface area (TPSA) is 64.0 Å². The van der Waals surface area contributed by atoms with Gasteiger partial charge in [0.1, 0.15) is 24.3 Å². The van der Waals surface area contributed by atoms with Crippen LogP contribution in [0.4, 0.5) is 0 Å². The van der Waals surface area contributed by atoms with E-state index in [1.54, 1.807) is 31.5 Å². The van der Waals surface area contributed by atoms with Crippen molar-refractivity contribution in [1.29, 1.82) is 10.5 Å². The molecule has 0 aliphatic heterocycles. The van der Waals surface area contributed by atoms with Crippen LogP contribution in [0.3, 0.4) is 0 Å². The van der Waals surface area contributed by atoms with Gasteiger partial charge in [0, 0.05) is 0 Å². The largest absolute Gasteiger partial charge is 0.375 e. The predicted octanol–water partition coefficient (Wildman–Crippen LogP) is 1.03. The first-order valence-corrected chi connectivity index (χ1v) is 3.57. The summed E-state index contributed by atoms with van der Waals surface area (Å²) in [5, 5.41) is 19.5. The lowest BCUT2D eigenvalue weighted by Gasteiger charge is -1.83. The number of allylic oxidation sites excluding steroid dienone is 3. The van der Waals surface area contributed by atoms with Gasteiger partial charge >= 0.3 is 0 Å². The molecule has 0 heterocycles. The molecule has 0 unspecified atom stereocenters. The molecule has 0 fully saturated rings. The highest BCUT2D eigenvalue weighted by atomic mass is 14.8. The molecule has 0 bridgehead atoms. The number of nitriles is 2. The van der Waals surface area contributed by atoms with Gasteiger partial charge in [-0.25, -0.2) is 0 Å². The fourth-order valence-electron chi connectivity index (χ4n) is 0.496. The fourth-order valence-corrected chi connectivity index (χ4v) is 0.496. The van der Waals surface area contributed by atoms with Gasteiger partial charge in [-0.2, -0.15) is 10.5 Å². The van der Waals surface area contributed by atoms with Crippen molar-refractivity contribution >= 4 is 0 Å². The Labute approximate surface area is 77.2 Å². The maximum absolute atomic E-state index is 8.34. The van der Waals surface area contributed by atoms with Crippen molar-refractivity contribution in [3.05, 3.63) is 28.8 Å². The second kappa shape index (κ2) is 7.85. The number of nitrogens with zero attached hydrogens (tertiary/aromatic N) is 3. The zero-order valence-corrected chi connectivity index (χ0v) is 7.28. The summed E-state index contributed by atoms with van der Waals surface area (Å²) in [4.78, 5) is 3.63. The third kappa shape index (κ3) is 6.16. The van der Waals surface area contributed by atoms with E-state index >= 15 is 0 Å². The minimum atomic E-state index is 0.0752. The van der Waals surface area contributed by atoms with Crippen molar-refractivity contribution in [3.8, 4) is 18.2 Å². The quantitative estimate of drug-likeness (QED) is 0.300. The first-order valence-electron chi connectivity index (χ1n) is 3.57. The smallest absolute Gasteiger partial charge is 0.293 e. The summed E-state index contributed by atoms with van der Waals surface area (Å²) in [6.45, 7) is 0.509. The van der Waals surface area contributed by atoms with Crippen molar-refractivity contribution < 1.29 is 0 Å². The lowest BCUT2D eigenvalue weighted by molar-refractivity contribution is 1.01. The van der Waals surface area contributed by atoms with Gasteiger partial charge in [0.25, 0.3) is 13.1 Å². The van der Waals surface area contributed by atoms with Gasteiger partial charge in [-0.15, -0.1) is 0 Å². The summed E-state index contributed by atoms with van der Waals surface area (Å²) in [5.74, 6) is 0. The van der Waals surface area contributed by atoms with Crippen LogP contribution in [-0.2, 0) is 0 Å². The summed E-state index contributed by atoms with van der Waals surface area (Å²) >= 11 is 0. The fraction of sp³-hybridized carbons (Fsp3) is 0.222. The lowest BCUT2D eigenvalue weighted by Crippen LogP contribution is -2.03. The molecule has 0 aliphatic carbocycles. The minimum absolute atomic E-state index is 0.0752. The Morgan fingerprint density at radius 1 is 1.46 bits per heavy atom. The Morgan fingerprint density at radius 3 is 2.69 bits per heavy atom. The third-order valence-corrected chi connectivity index (χ3v) is 1.06. The molecule has 64 valence electrons. The number of rotatable bonds is 3. The molecule has 0 spiro atoms. The molecule has 0 amide bonds. The molecule has 13 heavy (non-hydrogen) atoms. The zero-order valence-electron chi connectivity index (χ0n) is 7.28. The standard InChI is InChI=1S/C9H9N4/c1-12-5-6-13-4-2-3-9(7-10)8-11/h2-4,13H,6H2,1H3/q+1. The van der Waals surface area contributed by atoms with Crippen LogP contribution in [0.5, 0.6) is 0 Å². The molecular weight excluding hydrogens is 164 g/mol. The first-order chi connectivity index (χ1) is 6.35. The molecule has 1 N–H and O–H groups in total. The van der Waals surface area contributed by atoms with Crippen molar-refractivity contribution in [2.75, 3.05) is 13.6 Å². The van der Waals surface area contributed by atoms with Crippen LogP contribution >= 0.6 is 0 Å². The van der Waals surface area contributed by atoms with E-state index in [0.717, 1.165) is 0 Å². The summed E-state index contributed by atoms with van der Waals surface area (Å²) in [5.41, 5.74) is 0.0752. The second-order valence-corrected chi connectivity index (χ2v) is 1.93. The van der Waals surface area contributed by atoms with Gasteiger partial charge in [0.2, 0.25) is 0 Å². The SMILES string of the molecule is C[N+]#CCNC=CC=C(C#N)C#N. The molecule has 0 atom stereocenters. The number of hydrogen-bond donors (Lipinski definition) is 1. The third-order valence-electron chi connectivity index (χ3n) is 1.06. The van der Waals surface area contributed by atoms with Crippen LogP contribution in [0, 0.1) is 28.7 Å². The summed E-state index contributed by atoms with van der Waals surface area (Å²) < 4.78 is 0.